The number of piperidine rings is 1. The van der Waals surface area contributed by atoms with E-state index in [0.717, 1.165) is 30.4 Å². The standard InChI is InChI=1S/C22H33NO4/c1-18(2)15-22(26-17-25-16-19-9-7-6-8-10-19)11-13-23(14-12-22)20(24)27-21(3,4)5/h6-10H,1,11-17H2,2-5H3. The lowest BCUT2D eigenvalue weighted by Crippen LogP contribution is -2.49. The molecule has 1 amide bonds. The van der Waals surface area contributed by atoms with Crippen molar-refractivity contribution in [2.75, 3.05) is 19.9 Å². The second kappa shape index (κ2) is 9.38. The molecule has 0 saturated carbocycles. The molecule has 150 valence electrons. The molecule has 0 atom stereocenters. The molecule has 1 fully saturated rings. The van der Waals surface area contributed by atoms with Gasteiger partial charge in [-0.2, -0.15) is 0 Å². The van der Waals surface area contributed by atoms with Gasteiger partial charge in [0.2, 0.25) is 0 Å². The van der Waals surface area contributed by atoms with Crippen LogP contribution in [0.1, 0.15) is 52.5 Å². The van der Waals surface area contributed by atoms with Crippen LogP contribution in [0, 0.1) is 0 Å². The summed E-state index contributed by atoms with van der Waals surface area (Å²) in [7, 11) is 0. The van der Waals surface area contributed by atoms with Gasteiger partial charge in [-0.1, -0.05) is 35.9 Å². The zero-order valence-corrected chi connectivity index (χ0v) is 17.1. The van der Waals surface area contributed by atoms with E-state index in [4.69, 9.17) is 14.2 Å². The van der Waals surface area contributed by atoms with Crippen LogP contribution in [-0.4, -0.2) is 42.1 Å². The number of ether oxygens (including phenoxy) is 3. The predicted molar refractivity (Wildman–Crippen MR) is 106 cm³/mol. The highest BCUT2D eigenvalue weighted by Gasteiger charge is 2.38. The molecule has 0 aliphatic carbocycles. The Hall–Kier alpha value is -1.85. The van der Waals surface area contributed by atoms with Gasteiger partial charge in [0, 0.05) is 13.1 Å². The van der Waals surface area contributed by atoms with Crippen LogP contribution in [0.25, 0.3) is 0 Å². The molecule has 0 N–H and O–H groups in total. The fraction of sp³-hybridized carbons (Fsp3) is 0.591. The van der Waals surface area contributed by atoms with E-state index >= 15 is 0 Å². The fourth-order valence-corrected chi connectivity index (χ4v) is 3.25. The molecule has 0 radical (unpaired) electrons. The van der Waals surface area contributed by atoms with Crippen molar-refractivity contribution < 1.29 is 19.0 Å². The Morgan fingerprint density at radius 2 is 1.81 bits per heavy atom. The van der Waals surface area contributed by atoms with Gasteiger partial charge >= 0.3 is 6.09 Å². The van der Waals surface area contributed by atoms with E-state index in [-0.39, 0.29) is 18.5 Å². The monoisotopic (exact) mass is 375 g/mol. The molecule has 0 bridgehead atoms. The molecule has 1 heterocycles. The van der Waals surface area contributed by atoms with Crippen LogP contribution in [0.5, 0.6) is 0 Å². The maximum atomic E-state index is 12.3. The van der Waals surface area contributed by atoms with Gasteiger partial charge in [-0.15, -0.1) is 6.58 Å². The normalized spacial score (nSPS) is 16.8. The summed E-state index contributed by atoms with van der Waals surface area (Å²) in [6.45, 7) is 13.7. The Morgan fingerprint density at radius 1 is 1.19 bits per heavy atom. The second-order valence-electron chi connectivity index (χ2n) is 8.38. The number of hydrogen-bond donors (Lipinski definition) is 0. The van der Waals surface area contributed by atoms with E-state index in [2.05, 4.69) is 6.58 Å². The van der Waals surface area contributed by atoms with Gasteiger partial charge in [-0.3, -0.25) is 0 Å². The summed E-state index contributed by atoms with van der Waals surface area (Å²) in [4.78, 5) is 14.0. The van der Waals surface area contributed by atoms with Crippen LogP contribution >= 0.6 is 0 Å². The number of carbonyl (C=O) groups excluding carboxylic acids is 1. The second-order valence-corrected chi connectivity index (χ2v) is 8.38. The van der Waals surface area contributed by atoms with Gasteiger partial charge in [-0.25, -0.2) is 4.79 Å². The minimum atomic E-state index is -0.481. The fourth-order valence-electron chi connectivity index (χ4n) is 3.25. The summed E-state index contributed by atoms with van der Waals surface area (Å²) in [5, 5.41) is 0. The zero-order valence-electron chi connectivity index (χ0n) is 17.1. The SMILES string of the molecule is C=C(C)CC1(OCOCc2ccccc2)CCN(C(=O)OC(C)(C)C)CC1. The van der Waals surface area contributed by atoms with Crippen molar-refractivity contribution in [2.45, 2.75) is 64.8 Å². The summed E-state index contributed by atoms with van der Waals surface area (Å²) in [6.07, 6.45) is 2.00. The zero-order chi connectivity index (χ0) is 19.9. The van der Waals surface area contributed by atoms with E-state index < -0.39 is 5.60 Å². The third-order valence-electron chi connectivity index (χ3n) is 4.51. The molecule has 5 heteroatoms. The number of likely N-dealkylation sites (tertiary alicyclic amines) is 1. The first-order valence-corrected chi connectivity index (χ1v) is 9.57. The molecule has 1 aromatic rings. The molecule has 1 aromatic carbocycles. The average molecular weight is 376 g/mol. The highest BCUT2D eigenvalue weighted by atomic mass is 16.7. The third kappa shape index (κ3) is 7.35. The lowest BCUT2D eigenvalue weighted by molar-refractivity contribution is -0.163. The van der Waals surface area contributed by atoms with Gasteiger partial charge in [0.1, 0.15) is 12.4 Å². The van der Waals surface area contributed by atoms with Gasteiger partial charge < -0.3 is 19.1 Å². The van der Waals surface area contributed by atoms with E-state index in [0.29, 0.717) is 19.7 Å². The Labute approximate surface area is 163 Å². The molecule has 0 aromatic heterocycles. The molecule has 1 saturated heterocycles. The van der Waals surface area contributed by atoms with Crippen LogP contribution < -0.4 is 0 Å². The van der Waals surface area contributed by atoms with Crippen molar-refractivity contribution >= 4 is 6.09 Å². The third-order valence-corrected chi connectivity index (χ3v) is 4.51. The smallest absolute Gasteiger partial charge is 0.410 e. The van der Waals surface area contributed by atoms with Gasteiger partial charge in [-0.05, 0) is 52.5 Å². The van der Waals surface area contributed by atoms with Crippen LogP contribution in [0.15, 0.2) is 42.5 Å². The topological polar surface area (TPSA) is 48.0 Å². The number of benzene rings is 1. The number of carbonyl (C=O) groups is 1. The Balaban J connectivity index is 1.86. The summed E-state index contributed by atoms with van der Waals surface area (Å²) >= 11 is 0. The molecular formula is C22H33NO4. The predicted octanol–water partition coefficient (Wildman–Crippen LogP) is 4.91. The van der Waals surface area contributed by atoms with Crippen LogP contribution in [0.3, 0.4) is 0 Å². The van der Waals surface area contributed by atoms with E-state index in [9.17, 15) is 4.79 Å². The molecule has 1 aliphatic heterocycles. The number of amides is 1. The molecular weight excluding hydrogens is 342 g/mol. The van der Waals surface area contributed by atoms with Crippen LogP contribution in [0.4, 0.5) is 4.79 Å². The van der Waals surface area contributed by atoms with Crippen molar-refractivity contribution in [3.63, 3.8) is 0 Å². The van der Waals surface area contributed by atoms with Crippen molar-refractivity contribution in [1.82, 2.24) is 4.90 Å². The molecule has 0 spiro atoms. The lowest BCUT2D eigenvalue weighted by atomic mass is 9.85. The van der Waals surface area contributed by atoms with Crippen molar-refractivity contribution in [3.05, 3.63) is 48.0 Å². The van der Waals surface area contributed by atoms with Crippen molar-refractivity contribution in [2.24, 2.45) is 0 Å². The van der Waals surface area contributed by atoms with Crippen LogP contribution in [0.2, 0.25) is 0 Å². The van der Waals surface area contributed by atoms with E-state index in [1.807, 2.05) is 58.0 Å². The summed E-state index contributed by atoms with van der Waals surface area (Å²) in [5.41, 5.74) is 1.38. The first-order valence-electron chi connectivity index (χ1n) is 9.57. The van der Waals surface area contributed by atoms with Gasteiger partial charge in [0.25, 0.3) is 0 Å². The summed E-state index contributed by atoms with van der Waals surface area (Å²) < 4.78 is 17.4. The largest absolute Gasteiger partial charge is 0.444 e. The number of hydrogen-bond acceptors (Lipinski definition) is 4. The highest BCUT2D eigenvalue weighted by Crippen LogP contribution is 2.33. The van der Waals surface area contributed by atoms with Crippen molar-refractivity contribution in [1.29, 1.82) is 0 Å². The Bertz CT molecular complexity index is 613. The van der Waals surface area contributed by atoms with Gasteiger partial charge in [0.05, 0.1) is 12.2 Å². The average Bonchev–Trinajstić information content (AvgIpc) is 2.58. The minimum Gasteiger partial charge on any atom is -0.444 e. The molecule has 27 heavy (non-hydrogen) atoms. The molecule has 0 unspecified atom stereocenters. The first-order chi connectivity index (χ1) is 12.7. The lowest BCUT2D eigenvalue weighted by Gasteiger charge is -2.42. The van der Waals surface area contributed by atoms with Crippen LogP contribution in [-0.2, 0) is 20.8 Å². The summed E-state index contributed by atoms with van der Waals surface area (Å²) in [5.74, 6) is 0. The number of nitrogens with zero attached hydrogens (tertiary/aromatic N) is 1. The minimum absolute atomic E-state index is 0.231. The van der Waals surface area contributed by atoms with E-state index in [1.165, 1.54) is 0 Å². The number of rotatable bonds is 7. The van der Waals surface area contributed by atoms with E-state index in [1.54, 1.807) is 4.90 Å². The molecule has 1 aliphatic rings. The highest BCUT2D eigenvalue weighted by molar-refractivity contribution is 5.68. The van der Waals surface area contributed by atoms with Gasteiger partial charge in [0.15, 0.2) is 0 Å². The first kappa shape index (κ1) is 21.5. The maximum absolute atomic E-state index is 12.3. The molecule has 5 nitrogen and oxygen atoms in total. The van der Waals surface area contributed by atoms with Crippen molar-refractivity contribution in [3.8, 4) is 0 Å². The Kier molecular flexibility index (Phi) is 7.45. The Morgan fingerprint density at radius 3 is 2.37 bits per heavy atom. The summed E-state index contributed by atoms with van der Waals surface area (Å²) in [6, 6.07) is 10.0. The molecule has 2 rings (SSSR count). The quantitative estimate of drug-likeness (QED) is 0.386. The maximum Gasteiger partial charge on any atom is 0.410 e.